The molecule has 2 aliphatic rings. The van der Waals surface area contributed by atoms with Gasteiger partial charge in [-0.25, -0.2) is 0 Å². The summed E-state index contributed by atoms with van der Waals surface area (Å²) in [4.78, 5) is 0. The summed E-state index contributed by atoms with van der Waals surface area (Å²) in [5.74, 6) is 3.52. The Morgan fingerprint density at radius 2 is 2.00 bits per heavy atom. The zero-order valence-electron chi connectivity index (χ0n) is 13.1. The number of benzene rings is 1. The molecule has 1 aromatic rings. The minimum absolute atomic E-state index is 0.306. The van der Waals surface area contributed by atoms with Crippen molar-refractivity contribution in [2.24, 2.45) is 17.8 Å². The summed E-state index contributed by atoms with van der Waals surface area (Å²) in [6.45, 7) is 2.95. The topological polar surface area (TPSA) is 29.5 Å². The van der Waals surface area contributed by atoms with Crippen molar-refractivity contribution in [3.05, 3.63) is 29.8 Å². The number of unbranched alkanes of at least 4 members (excludes halogenated alkanes) is 1. The van der Waals surface area contributed by atoms with Gasteiger partial charge in [-0.2, -0.15) is 0 Å². The van der Waals surface area contributed by atoms with E-state index >= 15 is 0 Å². The maximum absolute atomic E-state index is 10.5. The van der Waals surface area contributed by atoms with Crippen LogP contribution in [0.3, 0.4) is 0 Å². The molecule has 21 heavy (non-hydrogen) atoms. The lowest BCUT2D eigenvalue weighted by molar-refractivity contribution is 0.125. The Bertz CT molecular complexity index is 439. The summed E-state index contributed by atoms with van der Waals surface area (Å²) in [5, 5.41) is 10.5. The highest BCUT2D eigenvalue weighted by molar-refractivity contribution is 5.28. The van der Waals surface area contributed by atoms with Crippen molar-refractivity contribution >= 4 is 0 Å². The van der Waals surface area contributed by atoms with Crippen molar-refractivity contribution in [2.45, 2.75) is 58.0 Å². The van der Waals surface area contributed by atoms with E-state index in [9.17, 15) is 5.11 Å². The summed E-state index contributed by atoms with van der Waals surface area (Å²) in [5.41, 5.74) is 1.04. The van der Waals surface area contributed by atoms with E-state index in [0.29, 0.717) is 0 Å². The Labute approximate surface area is 128 Å². The van der Waals surface area contributed by atoms with Crippen molar-refractivity contribution in [1.29, 1.82) is 0 Å². The molecule has 0 aliphatic heterocycles. The summed E-state index contributed by atoms with van der Waals surface area (Å²) in [7, 11) is 0. The molecule has 1 aromatic carbocycles. The fraction of sp³-hybridized carbons (Fsp3) is 0.684. The third-order valence-corrected chi connectivity index (χ3v) is 5.44. The van der Waals surface area contributed by atoms with Crippen LogP contribution < -0.4 is 4.74 Å². The lowest BCUT2D eigenvalue weighted by Gasteiger charge is -2.24. The number of aliphatic hydroxyl groups excluding tert-OH is 1. The Morgan fingerprint density at radius 3 is 2.62 bits per heavy atom. The average Bonchev–Trinajstić information content (AvgIpc) is 3.11. The molecule has 0 saturated heterocycles. The first-order valence-electron chi connectivity index (χ1n) is 8.67. The van der Waals surface area contributed by atoms with E-state index in [-0.39, 0.29) is 6.10 Å². The van der Waals surface area contributed by atoms with Crippen LogP contribution in [-0.4, -0.2) is 11.7 Å². The number of rotatable bonds is 7. The lowest BCUT2D eigenvalue weighted by Crippen LogP contribution is -2.14. The lowest BCUT2D eigenvalue weighted by atomic mass is 9.83. The number of hydrogen-bond donors (Lipinski definition) is 1. The molecule has 0 heterocycles. The Balaban J connectivity index is 1.51. The number of fused-ring (bicyclic) bond motifs is 2. The quantitative estimate of drug-likeness (QED) is 0.735. The molecule has 4 unspecified atom stereocenters. The van der Waals surface area contributed by atoms with Gasteiger partial charge in [-0.3, -0.25) is 0 Å². The van der Waals surface area contributed by atoms with Crippen molar-refractivity contribution < 1.29 is 9.84 Å². The van der Waals surface area contributed by atoms with Gasteiger partial charge in [0.1, 0.15) is 5.75 Å². The van der Waals surface area contributed by atoms with E-state index in [1.54, 1.807) is 0 Å². The highest BCUT2D eigenvalue weighted by Crippen LogP contribution is 2.50. The van der Waals surface area contributed by atoms with Gasteiger partial charge in [0.25, 0.3) is 0 Å². The molecule has 0 aromatic heterocycles. The van der Waals surface area contributed by atoms with Crippen molar-refractivity contribution in [3.63, 3.8) is 0 Å². The molecule has 2 aliphatic carbocycles. The van der Waals surface area contributed by atoms with E-state index in [1.165, 1.54) is 25.7 Å². The third kappa shape index (κ3) is 3.60. The molecular weight excluding hydrogens is 260 g/mol. The Kier molecular flexibility index (Phi) is 4.84. The smallest absolute Gasteiger partial charge is 0.119 e. The third-order valence-electron chi connectivity index (χ3n) is 5.44. The molecule has 0 amide bonds. The minimum atomic E-state index is -0.306. The van der Waals surface area contributed by atoms with E-state index in [2.05, 4.69) is 6.92 Å². The van der Waals surface area contributed by atoms with Crippen LogP contribution in [0.15, 0.2) is 24.3 Å². The molecule has 2 nitrogen and oxygen atoms in total. The predicted octanol–water partition coefficient (Wildman–Crippen LogP) is 4.73. The first-order valence-corrected chi connectivity index (χ1v) is 8.67. The first-order chi connectivity index (χ1) is 10.3. The summed E-state index contributed by atoms with van der Waals surface area (Å²) in [6, 6.07) is 8.04. The van der Waals surface area contributed by atoms with Crippen LogP contribution in [0.2, 0.25) is 0 Å². The molecule has 0 spiro atoms. The monoisotopic (exact) mass is 288 g/mol. The van der Waals surface area contributed by atoms with Gasteiger partial charge in [-0.1, -0.05) is 31.9 Å². The minimum Gasteiger partial charge on any atom is -0.494 e. The molecule has 3 rings (SSSR count). The fourth-order valence-corrected chi connectivity index (χ4v) is 4.21. The van der Waals surface area contributed by atoms with E-state index < -0.39 is 0 Å². The zero-order chi connectivity index (χ0) is 14.7. The zero-order valence-corrected chi connectivity index (χ0v) is 13.1. The van der Waals surface area contributed by atoms with E-state index in [4.69, 9.17) is 4.74 Å². The molecule has 1 N–H and O–H groups in total. The molecule has 2 fully saturated rings. The van der Waals surface area contributed by atoms with Gasteiger partial charge in [0, 0.05) is 0 Å². The Morgan fingerprint density at radius 1 is 1.19 bits per heavy atom. The van der Waals surface area contributed by atoms with Crippen LogP contribution >= 0.6 is 0 Å². The van der Waals surface area contributed by atoms with Gasteiger partial charge >= 0.3 is 0 Å². The van der Waals surface area contributed by atoms with Gasteiger partial charge in [0.05, 0.1) is 12.7 Å². The predicted molar refractivity (Wildman–Crippen MR) is 85.4 cm³/mol. The number of hydrogen-bond acceptors (Lipinski definition) is 2. The van der Waals surface area contributed by atoms with Crippen molar-refractivity contribution in [3.8, 4) is 5.75 Å². The highest BCUT2D eigenvalue weighted by Gasteiger charge is 2.40. The highest BCUT2D eigenvalue weighted by atomic mass is 16.5. The maximum atomic E-state index is 10.5. The maximum Gasteiger partial charge on any atom is 0.119 e. The second kappa shape index (κ2) is 6.83. The average molecular weight is 288 g/mol. The van der Waals surface area contributed by atoms with Crippen LogP contribution in [-0.2, 0) is 0 Å². The van der Waals surface area contributed by atoms with Gasteiger partial charge in [-0.15, -0.1) is 0 Å². The second-order valence-corrected chi connectivity index (χ2v) is 6.96. The van der Waals surface area contributed by atoms with E-state index in [0.717, 1.165) is 54.9 Å². The molecule has 116 valence electrons. The van der Waals surface area contributed by atoms with Gasteiger partial charge in [0.2, 0.25) is 0 Å². The first kappa shape index (κ1) is 14.9. The normalized spacial score (nSPS) is 28.8. The van der Waals surface area contributed by atoms with Crippen LogP contribution in [0.25, 0.3) is 0 Å². The van der Waals surface area contributed by atoms with Crippen molar-refractivity contribution in [1.82, 2.24) is 0 Å². The van der Waals surface area contributed by atoms with Crippen LogP contribution in [0, 0.1) is 17.8 Å². The second-order valence-electron chi connectivity index (χ2n) is 6.96. The summed E-state index contributed by atoms with van der Waals surface area (Å²) in [6.07, 6.45) is 8.47. The van der Waals surface area contributed by atoms with E-state index in [1.807, 2.05) is 24.3 Å². The Hall–Kier alpha value is -1.02. The van der Waals surface area contributed by atoms with Gasteiger partial charge < -0.3 is 9.84 Å². The van der Waals surface area contributed by atoms with Crippen LogP contribution in [0.1, 0.15) is 63.5 Å². The van der Waals surface area contributed by atoms with Gasteiger partial charge in [0.15, 0.2) is 0 Å². The molecule has 2 bridgehead atoms. The SMILES string of the molecule is CCCCOc1ccc(C(O)CC2CC3CCC2C3)cc1. The standard InChI is InChI=1S/C19H28O2/c1-2-3-10-21-18-8-6-15(7-9-18)19(20)13-17-12-14-4-5-16(17)11-14/h6-9,14,16-17,19-20H,2-5,10-13H2,1H3. The summed E-state index contributed by atoms with van der Waals surface area (Å²) >= 11 is 0. The molecule has 4 atom stereocenters. The van der Waals surface area contributed by atoms with Crippen LogP contribution in [0.4, 0.5) is 0 Å². The number of ether oxygens (including phenoxy) is 1. The molecule has 0 radical (unpaired) electrons. The van der Waals surface area contributed by atoms with Crippen molar-refractivity contribution in [2.75, 3.05) is 6.61 Å². The van der Waals surface area contributed by atoms with Gasteiger partial charge in [-0.05, 0) is 67.6 Å². The number of aliphatic hydroxyl groups is 1. The fourth-order valence-electron chi connectivity index (χ4n) is 4.21. The largest absolute Gasteiger partial charge is 0.494 e. The molecule has 2 saturated carbocycles. The molecule has 2 heteroatoms. The summed E-state index contributed by atoms with van der Waals surface area (Å²) < 4.78 is 5.67. The molecular formula is C19H28O2. The van der Waals surface area contributed by atoms with Crippen LogP contribution in [0.5, 0.6) is 5.75 Å².